The Labute approximate surface area is 137 Å². The molecular weight excluding hydrogens is 290 g/mol. The van der Waals surface area contributed by atoms with Gasteiger partial charge >= 0.3 is 0 Å². The minimum atomic E-state index is 0.0414. The molecule has 1 N–H and O–H groups in total. The van der Waals surface area contributed by atoms with Crippen LogP contribution in [0.4, 0.5) is 0 Å². The van der Waals surface area contributed by atoms with Crippen molar-refractivity contribution in [1.29, 1.82) is 0 Å². The van der Waals surface area contributed by atoms with Gasteiger partial charge in [0.15, 0.2) is 0 Å². The van der Waals surface area contributed by atoms with Crippen molar-refractivity contribution in [3.8, 4) is 11.5 Å². The van der Waals surface area contributed by atoms with Crippen LogP contribution in [0.3, 0.4) is 0 Å². The molecule has 1 unspecified atom stereocenters. The van der Waals surface area contributed by atoms with E-state index in [9.17, 15) is 4.79 Å². The zero-order valence-corrected chi connectivity index (χ0v) is 13.6. The lowest BCUT2D eigenvalue weighted by atomic mass is 9.98. The van der Waals surface area contributed by atoms with Gasteiger partial charge in [0.1, 0.15) is 18.1 Å². The van der Waals surface area contributed by atoms with Crippen molar-refractivity contribution in [3.63, 3.8) is 0 Å². The van der Waals surface area contributed by atoms with Crippen molar-refractivity contribution in [2.45, 2.75) is 19.3 Å². The molecular formula is C19H23NO3. The van der Waals surface area contributed by atoms with E-state index < -0.39 is 0 Å². The summed E-state index contributed by atoms with van der Waals surface area (Å²) in [5.41, 5.74) is 1.18. The molecule has 0 aliphatic heterocycles. The van der Waals surface area contributed by atoms with Gasteiger partial charge < -0.3 is 14.8 Å². The smallest absolute Gasteiger partial charge is 0.220 e. The van der Waals surface area contributed by atoms with E-state index >= 15 is 0 Å². The lowest BCUT2D eigenvalue weighted by Gasteiger charge is -2.12. The highest BCUT2D eigenvalue weighted by molar-refractivity contribution is 5.76. The Bertz CT molecular complexity index is 596. The highest BCUT2D eigenvalue weighted by Crippen LogP contribution is 2.18. The molecule has 122 valence electrons. The van der Waals surface area contributed by atoms with E-state index in [2.05, 4.69) is 12.2 Å². The number of benzene rings is 2. The molecule has 0 aromatic heterocycles. The third-order valence-electron chi connectivity index (χ3n) is 3.61. The second-order valence-electron chi connectivity index (χ2n) is 5.39. The normalized spacial score (nSPS) is 11.6. The van der Waals surface area contributed by atoms with Crippen LogP contribution in [0.5, 0.6) is 11.5 Å². The zero-order valence-electron chi connectivity index (χ0n) is 13.6. The Morgan fingerprint density at radius 1 is 1.04 bits per heavy atom. The van der Waals surface area contributed by atoms with E-state index in [1.807, 2.05) is 54.6 Å². The summed E-state index contributed by atoms with van der Waals surface area (Å²) in [6.45, 7) is 2.99. The van der Waals surface area contributed by atoms with Crippen LogP contribution < -0.4 is 14.8 Å². The Morgan fingerprint density at radius 2 is 1.70 bits per heavy atom. The largest absolute Gasteiger partial charge is 0.497 e. The fraction of sp³-hybridized carbons (Fsp3) is 0.316. The van der Waals surface area contributed by atoms with Crippen LogP contribution in [0.15, 0.2) is 54.6 Å². The Morgan fingerprint density at radius 3 is 2.35 bits per heavy atom. The molecule has 23 heavy (non-hydrogen) atoms. The maximum absolute atomic E-state index is 11.9. The molecule has 1 amide bonds. The van der Waals surface area contributed by atoms with Gasteiger partial charge in [0.2, 0.25) is 5.91 Å². The zero-order chi connectivity index (χ0) is 16.5. The first-order valence-corrected chi connectivity index (χ1v) is 7.77. The highest BCUT2D eigenvalue weighted by Gasteiger charge is 2.10. The second kappa shape index (κ2) is 8.83. The highest BCUT2D eigenvalue weighted by atomic mass is 16.5. The first-order chi connectivity index (χ1) is 11.2. The summed E-state index contributed by atoms with van der Waals surface area (Å²) in [5.74, 6) is 1.80. The van der Waals surface area contributed by atoms with Crippen LogP contribution >= 0.6 is 0 Å². The molecule has 0 saturated heterocycles. The predicted octanol–water partition coefficient (Wildman–Crippen LogP) is 3.38. The van der Waals surface area contributed by atoms with Crippen LogP contribution in [0.1, 0.15) is 24.8 Å². The molecule has 2 aromatic carbocycles. The quantitative estimate of drug-likeness (QED) is 0.760. The Hall–Kier alpha value is -2.49. The summed E-state index contributed by atoms with van der Waals surface area (Å²) in [7, 11) is 1.63. The number of nitrogens with one attached hydrogen (secondary N) is 1. The molecule has 0 radical (unpaired) electrons. The van der Waals surface area contributed by atoms with Crippen molar-refractivity contribution >= 4 is 5.91 Å². The maximum Gasteiger partial charge on any atom is 0.220 e. The maximum atomic E-state index is 11.9. The number of hydrogen-bond donors (Lipinski definition) is 1. The molecule has 4 heteroatoms. The third kappa shape index (κ3) is 5.66. The van der Waals surface area contributed by atoms with Gasteiger partial charge in [-0.25, -0.2) is 0 Å². The van der Waals surface area contributed by atoms with Gasteiger partial charge in [-0.3, -0.25) is 4.79 Å². The first-order valence-electron chi connectivity index (χ1n) is 7.77. The number of methoxy groups -OCH3 is 1. The molecule has 0 aliphatic rings. The third-order valence-corrected chi connectivity index (χ3v) is 3.61. The second-order valence-corrected chi connectivity index (χ2v) is 5.39. The van der Waals surface area contributed by atoms with Crippen molar-refractivity contribution in [2.75, 3.05) is 20.3 Å². The molecule has 0 aliphatic carbocycles. The summed E-state index contributed by atoms with van der Waals surface area (Å²) < 4.78 is 10.7. The van der Waals surface area contributed by atoms with Gasteiger partial charge in [0.25, 0.3) is 0 Å². The number of carbonyl (C=O) groups excluding carboxylic acids is 1. The van der Waals surface area contributed by atoms with Gasteiger partial charge in [0.05, 0.1) is 13.7 Å². The van der Waals surface area contributed by atoms with Crippen molar-refractivity contribution in [1.82, 2.24) is 5.32 Å². The average molecular weight is 313 g/mol. The fourth-order valence-corrected chi connectivity index (χ4v) is 2.28. The topological polar surface area (TPSA) is 47.6 Å². The molecule has 0 spiro atoms. The van der Waals surface area contributed by atoms with Crippen LogP contribution in [0.2, 0.25) is 0 Å². The number of rotatable bonds is 8. The molecule has 0 fully saturated rings. The molecule has 0 saturated carbocycles. The number of amides is 1. The number of hydrogen-bond acceptors (Lipinski definition) is 3. The Kier molecular flexibility index (Phi) is 6.48. The van der Waals surface area contributed by atoms with E-state index in [1.54, 1.807) is 7.11 Å². The van der Waals surface area contributed by atoms with E-state index in [0.29, 0.717) is 19.6 Å². The lowest BCUT2D eigenvalue weighted by Crippen LogP contribution is -2.28. The minimum absolute atomic E-state index is 0.0414. The van der Waals surface area contributed by atoms with Crippen LogP contribution in [0.25, 0.3) is 0 Å². The standard InChI is InChI=1S/C19H23NO3/c1-15(16-6-4-3-5-7-16)14-19(21)20-12-13-23-18-10-8-17(22-2)9-11-18/h3-11,15H,12-14H2,1-2H3,(H,20,21). The monoisotopic (exact) mass is 313 g/mol. The lowest BCUT2D eigenvalue weighted by molar-refractivity contribution is -0.121. The average Bonchev–Trinajstić information content (AvgIpc) is 2.60. The van der Waals surface area contributed by atoms with E-state index in [-0.39, 0.29) is 11.8 Å². The summed E-state index contributed by atoms with van der Waals surface area (Å²) >= 11 is 0. The van der Waals surface area contributed by atoms with Gasteiger partial charge in [-0.15, -0.1) is 0 Å². The molecule has 0 heterocycles. The van der Waals surface area contributed by atoms with Crippen LogP contribution in [0, 0.1) is 0 Å². The number of ether oxygens (including phenoxy) is 2. The van der Waals surface area contributed by atoms with Crippen molar-refractivity contribution in [2.24, 2.45) is 0 Å². The number of carbonyl (C=O) groups is 1. The van der Waals surface area contributed by atoms with Crippen molar-refractivity contribution < 1.29 is 14.3 Å². The molecule has 2 aromatic rings. The van der Waals surface area contributed by atoms with E-state index in [1.165, 1.54) is 5.56 Å². The summed E-state index contributed by atoms with van der Waals surface area (Å²) in [6, 6.07) is 17.4. The predicted molar refractivity (Wildman–Crippen MR) is 91.0 cm³/mol. The van der Waals surface area contributed by atoms with Crippen LogP contribution in [-0.4, -0.2) is 26.2 Å². The Balaban J connectivity index is 1.66. The fourth-order valence-electron chi connectivity index (χ4n) is 2.28. The summed E-state index contributed by atoms with van der Waals surface area (Å²) in [6.07, 6.45) is 0.479. The molecule has 1 atom stereocenters. The van der Waals surface area contributed by atoms with Crippen molar-refractivity contribution in [3.05, 3.63) is 60.2 Å². The molecule has 2 rings (SSSR count). The summed E-state index contributed by atoms with van der Waals surface area (Å²) in [5, 5.41) is 2.89. The van der Waals surface area contributed by atoms with Crippen LogP contribution in [-0.2, 0) is 4.79 Å². The van der Waals surface area contributed by atoms with Gasteiger partial charge in [0, 0.05) is 6.42 Å². The first kappa shape index (κ1) is 16.9. The van der Waals surface area contributed by atoms with E-state index in [4.69, 9.17) is 9.47 Å². The minimum Gasteiger partial charge on any atom is -0.497 e. The molecule has 4 nitrogen and oxygen atoms in total. The SMILES string of the molecule is COc1ccc(OCCNC(=O)CC(C)c2ccccc2)cc1. The van der Waals surface area contributed by atoms with Gasteiger partial charge in [-0.05, 0) is 35.7 Å². The molecule has 0 bridgehead atoms. The van der Waals surface area contributed by atoms with Gasteiger partial charge in [-0.2, -0.15) is 0 Å². The summed E-state index contributed by atoms with van der Waals surface area (Å²) in [4.78, 5) is 11.9. The van der Waals surface area contributed by atoms with Gasteiger partial charge in [-0.1, -0.05) is 37.3 Å². The van der Waals surface area contributed by atoms with E-state index in [0.717, 1.165) is 11.5 Å².